The van der Waals surface area contributed by atoms with Gasteiger partial charge in [0.25, 0.3) is 0 Å². The number of nitrogens with zero attached hydrogens (tertiary/aromatic N) is 1. The summed E-state index contributed by atoms with van der Waals surface area (Å²) in [5, 5.41) is 6.47. The Bertz CT molecular complexity index is 3180. The van der Waals surface area contributed by atoms with E-state index in [1.54, 1.807) is 0 Å². The zero-order chi connectivity index (χ0) is 36.3. The van der Waals surface area contributed by atoms with Crippen LogP contribution in [0.25, 0.3) is 88.0 Å². The predicted molar refractivity (Wildman–Crippen MR) is 229 cm³/mol. The van der Waals surface area contributed by atoms with Gasteiger partial charge < -0.3 is 13.7 Å². The van der Waals surface area contributed by atoms with E-state index < -0.39 is 0 Å². The fourth-order valence-corrected chi connectivity index (χ4v) is 8.27. The molecule has 2 heterocycles. The molecule has 3 heteroatoms. The highest BCUT2D eigenvalue weighted by Gasteiger charge is 2.24. The predicted octanol–water partition coefficient (Wildman–Crippen LogP) is 15.1. The molecular formula is C52H33NO2. The van der Waals surface area contributed by atoms with Gasteiger partial charge in [-0.15, -0.1) is 0 Å². The van der Waals surface area contributed by atoms with E-state index in [1.807, 2.05) is 12.1 Å². The summed E-state index contributed by atoms with van der Waals surface area (Å²) in [4.78, 5) is 2.39. The molecule has 55 heavy (non-hydrogen) atoms. The van der Waals surface area contributed by atoms with E-state index in [2.05, 4.69) is 193 Å². The number of rotatable bonds is 6. The Kier molecular flexibility index (Phi) is 7.17. The lowest BCUT2D eigenvalue weighted by Crippen LogP contribution is -2.11. The van der Waals surface area contributed by atoms with Crippen LogP contribution in [0.4, 0.5) is 17.1 Å². The highest BCUT2D eigenvalue weighted by atomic mass is 16.3. The first-order valence-corrected chi connectivity index (χ1v) is 18.7. The van der Waals surface area contributed by atoms with Gasteiger partial charge in [-0.3, -0.25) is 0 Å². The lowest BCUT2D eigenvalue weighted by molar-refractivity contribution is 0.669. The Morgan fingerprint density at radius 3 is 1.56 bits per heavy atom. The molecule has 0 N–H and O–H groups in total. The lowest BCUT2D eigenvalue weighted by Gasteiger charge is -2.28. The van der Waals surface area contributed by atoms with Gasteiger partial charge in [0.15, 0.2) is 0 Å². The third kappa shape index (κ3) is 5.13. The summed E-state index contributed by atoms with van der Waals surface area (Å²) in [6, 6.07) is 70.8. The molecular weight excluding hydrogens is 671 g/mol. The first-order valence-electron chi connectivity index (χ1n) is 18.7. The van der Waals surface area contributed by atoms with E-state index in [0.717, 1.165) is 82.8 Å². The van der Waals surface area contributed by atoms with Crippen molar-refractivity contribution >= 4 is 71.7 Å². The molecule has 0 fully saturated rings. The van der Waals surface area contributed by atoms with Gasteiger partial charge in [-0.2, -0.15) is 0 Å². The summed E-state index contributed by atoms with van der Waals surface area (Å²) in [6.07, 6.45) is 0. The van der Waals surface area contributed by atoms with Crippen LogP contribution in [0.5, 0.6) is 0 Å². The van der Waals surface area contributed by atoms with E-state index in [0.29, 0.717) is 0 Å². The smallest absolute Gasteiger partial charge is 0.143 e. The van der Waals surface area contributed by atoms with Gasteiger partial charge in [0.2, 0.25) is 0 Å². The average Bonchev–Trinajstić information content (AvgIpc) is 3.84. The quantitative estimate of drug-likeness (QED) is 0.173. The third-order valence-corrected chi connectivity index (χ3v) is 10.9. The van der Waals surface area contributed by atoms with Crippen molar-refractivity contribution in [2.45, 2.75) is 0 Å². The van der Waals surface area contributed by atoms with Crippen LogP contribution in [0.15, 0.2) is 209 Å². The summed E-state index contributed by atoms with van der Waals surface area (Å²) < 4.78 is 13.4. The maximum absolute atomic E-state index is 6.96. The molecule has 9 aromatic carbocycles. The molecule has 0 aliphatic rings. The molecule has 11 aromatic rings. The molecule has 0 saturated carbocycles. The Labute approximate surface area is 317 Å². The van der Waals surface area contributed by atoms with E-state index in [4.69, 9.17) is 8.83 Å². The van der Waals surface area contributed by atoms with Crippen LogP contribution in [0.3, 0.4) is 0 Å². The molecule has 0 aliphatic heterocycles. The fourth-order valence-electron chi connectivity index (χ4n) is 8.27. The molecule has 258 valence electrons. The second-order valence-corrected chi connectivity index (χ2v) is 14.0. The molecule has 0 bridgehead atoms. The number of para-hydroxylation sites is 2. The van der Waals surface area contributed by atoms with Crippen LogP contribution in [0.1, 0.15) is 0 Å². The molecule has 0 spiro atoms. The molecule has 0 radical (unpaired) electrons. The fraction of sp³-hybridized carbons (Fsp3) is 0. The number of hydrogen-bond donors (Lipinski definition) is 0. The molecule has 2 aromatic heterocycles. The number of hydrogen-bond acceptors (Lipinski definition) is 3. The topological polar surface area (TPSA) is 29.5 Å². The molecule has 0 amide bonds. The molecule has 0 unspecified atom stereocenters. The normalized spacial score (nSPS) is 11.6. The number of benzene rings is 9. The van der Waals surface area contributed by atoms with Crippen molar-refractivity contribution in [3.8, 4) is 33.4 Å². The van der Waals surface area contributed by atoms with Crippen LogP contribution in [0, 0.1) is 0 Å². The van der Waals surface area contributed by atoms with Crippen molar-refractivity contribution < 1.29 is 8.83 Å². The number of furan rings is 2. The van der Waals surface area contributed by atoms with Crippen LogP contribution in [-0.2, 0) is 0 Å². The lowest BCUT2D eigenvalue weighted by atomic mass is 9.98. The van der Waals surface area contributed by atoms with E-state index in [1.165, 1.54) is 22.3 Å². The van der Waals surface area contributed by atoms with Crippen molar-refractivity contribution in [2.75, 3.05) is 4.90 Å². The van der Waals surface area contributed by atoms with Gasteiger partial charge in [0, 0.05) is 38.2 Å². The summed E-state index contributed by atoms with van der Waals surface area (Å²) >= 11 is 0. The molecule has 3 nitrogen and oxygen atoms in total. The van der Waals surface area contributed by atoms with Crippen LogP contribution in [0.2, 0.25) is 0 Å². The van der Waals surface area contributed by atoms with Gasteiger partial charge >= 0.3 is 0 Å². The molecule has 0 atom stereocenters. The Balaban J connectivity index is 1.15. The summed E-state index contributed by atoms with van der Waals surface area (Å²) in [5.74, 6) is 0. The van der Waals surface area contributed by atoms with Crippen LogP contribution >= 0.6 is 0 Å². The van der Waals surface area contributed by atoms with Crippen molar-refractivity contribution in [2.24, 2.45) is 0 Å². The van der Waals surface area contributed by atoms with E-state index >= 15 is 0 Å². The van der Waals surface area contributed by atoms with Gasteiger partial charge in [0.05, 0.1) is 16.8 Å². The third-order valence-electron chi connectivity index (χ3n) is 10.9. The minimum atomic E-state index is 0.853. The minimum absolute atomic E-state index is 0.853. The number of anilines is 3. The SMILES string of the molecule is c1ccc(-c2ccc(-c3cccc4c3oc3c5ccccc5c(N(c5ccc(-c6ccccc6)cc5)c5cccc6oc7ccccc7c56)cc43)cc2)cc1. The molecule has 0 aliphatic carbocycles. The van der Waals surface area contributed by atoms with Crippen molar-refractivity contribution in [1.82, 2.24) is 0 Å². The Morgan fingerprint density at radius 1 is 0.309 bits per heavy atom. The Hall–Kier alpha value is -7.36. The van der Waals surface area contributed by atoms with Crippen molar-refractivity contribution in [3.63, 3.8) is 0 Å². The van der Waals surface area contributed by atoms with E-state index in [9.17, 15) is 0 Å². The highest BCUT2D eigenvalue weighted by molar-refractivity contribution is 6.22. The largest absolute Gasteiger partial charge is 0.456 e. The first-order chi connectivity index (χ1) is 27.3. The second-order valence-electron chi connectivity index (χ2n) is 14.0. The van der Waals surface area contributed by atoms with Gasteiger partial charge in [-0.1, -0.05) is 164 Å². The maximum atomic E-state index is 6.96. The highest BCUT2D eigenvalue weighted by Crippen LogP contribution is 2.48. The van der Waals surface area contributed by atoms with Crippen molar-refractivity contribution in [1.29, 1.82) is 0 Å². The monoisotopic (exact) mass is 703 g/mol. The van der Waals surface area contributed by atoms with Crippen LogP contribution < -0.4 is 4.90 Å². The zero-order valence-corrected chi connectivity index (χ0v) is 29.8. The van der Waals surface area contributed by atoms with Crippen LogP contribution in [-0.4, -0.2) is 0 Å². The van der Waals surface area contributed by atoms with Gasteiger partial charge in [0.1, 0.15) is 22.3 Å². The summed E-state index contributed by atoms with van der Waals surface area (Å²) in [7, 11) is 0. The van der Waals surface area contributed by atoms with E-state index in [-0.39, 0.29) is 0 Å². The number of fused-ring (bicyclic) bond motifs is 8. The summed E-state index contributed by atoms with van der Waals surface area (Å²) in [5.41, 5.74) is 13.6. The average molecular weight is 704 g/mol. The Morgan fingerprint density at radius 2 is 0.836 bits per heavy atom. The molecule has 0 saturated heterocycles. The standard InChI is InChI=1S/C52H33NO2/c1-3-13-34(14-4-1)36-25-27-38(28-26-36)40-20-11-21-43-45-33-47(41-17-7-8-18-42(41)52(45)55-51(40)43)53(39-31-29-37(30-32-39)35-15-5-2-6-16-35)46-22-12-24-49-50(46)44-19-9-10-23-48(44)54-49/h1-33H. The second kappa shape index (κ2) is 12.6. The van der Waals surface area contributed by atoms with Gasteiger partial charge in [-0.05, 0) is 64.2 Å². The molecule has 11 rings (SSSR count). The summed E-state index contributed by atoms with van der Waals surface area (Å²) in [6.45, 7) is 0. The van der Waals surface area contributed by atoms with Gasteiger partial charge in [-0.25, -0.2) is 0 Å². The zero-order valence-electron chi connectivity index (χ0n) is 29.8. The van der Waals surface area contributed by atoms with Crippen molar-refractivity contribution in [3.05, 3.63) is 200 Å². The minimum Gasteiger partial charge on any atom is -0.456 e. The first kappa shape index (κ1) is 31.2. The maximum Gasteiger partial charge on any atom is 0.143 e.